The number of aliphatic hydroxyl groups is 1. The Morgan fingerprint density at radius 1 is 1.47 bits per heavy atom. The number of hydrogen-bond donors (Lipinski definition) is 1. The molecule has 1 unspecified atom stereocenters. The molecule has 0 aromatic heterocycles. The molecule has 0 heterocycles. The molecule has 4 heteroatoms. The molecule has 1 N–H and O–H groups in total. The molecule has 0 aliphatic heterocycles. The molecule has 15 heavy (non-hydrogen) atoms. The van der Waals surface area contributed by atoms with Gasteiger partial charge >= 0.3 is 0 Å². The lowest BCUT2D eigenvalue weighted by Crippen LogP contribution is -1.99. The van der Waals surface area contributed by atoms with Crippen LogP contribution < -0.4 is 9.47 Å². The topological polar surface area (TPSA) is 38.7 Å². The van der Waals surface area contributed by atoms with Crippen LogP contribution in [0.1, 0.15) is 25.5 Å². The van der Waals surface area contributed by atoms with E-state index in [4.69, 9.17) is 9.47 Å². The Bertz CT molecular complexity index is 337. The number of rotatable bonds is 4. The number of ether oxygens (including phenoxy) is 2. The van der Waals surface area contributed by atoms with Crippen LogP contribution in [0.5, 0.6) is 11.5 Å². The molecule has 1 atom stereocenters. The van der Waals surface area contributed by atoms with Crippen molar-refractivity contribution in [1.29, 1.82) is 0 Å². The van der Waals surface area contributed by atoms with E-state index in [9.17, 15) is 5.11 Å². The van der Waals surface area contributed by atoms with Gasteiger partial charge in [-0.25, -0.2) is 0 Å². The Labute approximate surface area is 98.1 Å². The first-order valence-electron chi connectivity index (χ1n) is 4.78. The molecule has 84 valence electrons. The maximum absolute atomic E-state index is 9.49. The van der Waals surface area contributed by atoms with Crippen molar-refractivity contribution >= 4 is 15.9 Å². The van der Waals surface area contributed by atoms with Crippen molar-refractivity contribution in [1.82, 2.24) is 0 Å². The van der Waals surface area contributed by atoms with Gasteiger partial charge in [0.25, 0.3) is 0 Å². The summed E-state index contributed by atoms with van der Waals surface area (Å²) in [6.45, 7) is 4.18. The van der Waals surface area contributed by atoms with E-state index < -0.39 is 6.10 Å². The van der Waals surface area contributed by atoms with Crippen LogP contribution in [-0.4, -0.2) is 18.8 Å². The molecule has 0 amide bonds. The maximum atomic E-state index is 9.49. The fraction of sp³-hybridized carbons (Fsp3) is 0.455. The Balaban J connectivity index is 3.19. The fourth-order valence-electron chi connectivity index (χ4n) is 1.29. The zero-order chi connectivity index (χ0) is 11.4. The average Bonchev–Trinajstić information content (AvgIpc) is 2.17. The van der Waals surface area contributed by atoms with Gasteiger partial charge in [-0.05, 0) is 47.5 Å². The number of halogens is 1. The maximum Gasteiger partial charge on any atom is 0.174 e. The zero-order valence-corrected chi connectivity index (χ0v) is 10.7. The first kappa shape index (κ1) is 12.3. The van der Waals surface area contributed by atoms with E-state index in [1.165, 1.54) is 0 Å². The largest absolute Gasteiger partial charge is 0.492 e. The molecule has 1 rings (SSSR count). The summed E-state index contributed by atoms with van der Waals surface area (Å²) in [4.78, 5) is 0. The van der Waals surface area contributed by atoms with Gasteiger partial charge in [-0.1, -0.05) is 0 Å². The third-order valence-electron chi connectivity index (χ3n) is 2.02. The van der Waals surface area contributed by atoms with Crippen LogP contribution in [-0.2, 0) is 0 Å². The van der Waals surface area contributed by atoms with Gasteiger partial charge in [0.1, 0.15) is 0 Å². The second-order valence-corrected chi connectivity index (χ2v) is 4.00. The van der Waals surface area contributed by atoms with Crippen molar-refractivity contribution in [3.8, 4) is 11.5 Å². The Morgan fingerprint density at radius 2 is 2.13 bits per heavy atom. The highest BCUT2D eigenvalue weighted by molar-refractivity contribution is 9.10. The predicted octanol–water partition coefficient (Wildman–Crippen LogP) is 2.91. The van der Waals surface area contributed by atoms with E-state index in [2.05, 4.69) is 15.9 Å². The number of hydrogen-bond acceptors (Lipinski definition) is 3. The smallest absolute Gasteiger partial charge is 0.174 e. The minimum absolute atomic E-state index is 0.522. The average molecular weight is 275 g/mol. The second-order valence-electron chi connectivity index (χ2n) is 3.14. The summed E-state index contributed by atoms with van der Waals surface area (Å²) in [6.07, 6.45) is -0.522. The first-order valence-corrected chi connectivity index (χ1v) is 5.57. The molecule has 0 fully saturated rings. The van der Waals surface area contributed by atoms with Gasteiger partial charge in [-0.3, -0.25) is 0 Å². The third-order valence-corrected chi connectivity index (χ3v) is 2.61. The minimum Gasteiger partial charge on any atom is -0.492 e. The predicted molar refractivity (Wildman–Crippen MR) is 62.5 cm³/mol. The Morgan fingerprint density at radius 3 is 2.60 bits per heavy atom. The van der Waals surface area contributed by atoms with Crippen LogP contribution in [0.3, 0.4) is 0 Å². The van der Waals surface area contributed by atoms with Gasteiger partial charge in [0.05, 0.1) is 24.3 Å². The van der Waals surface area contributed by atoms with Crippen molar-refractivity contribution in [2.24, 2.45) is 0 Å². The summed E-state index contributed by atoms with van der Waals surface area (Å²) in [5, 5.41) is 9.49. The summed E-state index contributed by atoms with van der Waals surface area (Å²) in [5.41, 5.74) is 0.797. The van der Waals surface area contributed by atoms with Gasteiger partial charge in [0.15, 0.2) is 11.5 Å². The molecule has 0 radical (unpaired) electrons. The van der Waals surface area contributed by atoms with Gasteiger partial charge in [-0.2, -0.15) is 0 Å². The molecule has 3 nitrogen and oxygen atoms in total. The van der Waals surface area contributed by atoms with Crippen LogP contribution in [0.25, 0.3) is 0 Å². The summed E-state index contributed by atoms with van der Waals surface area (Å²) in [6, 6.07) is 3.61. The van der Waals surface area contributed by atoms with E-state index in [0.717, 1.165) is 10.0 Å². The highest BCUT2D eigenvalue weighted by Crippen LogP contribution is 2.37. The number of aliphatic hydroxyl groups excluding tert-OH is 1. The standard InChI is InChI=1S/C11H15BrO3/c1-4-15-10-6-8(7(2)13)5-9(12)11(10)14-3/h5-7,13H,4H2,1-3H3. The molecule has 0 spiro atoms. The van der Waals surface area contributed by atoms with E-state index in [1.807, 2.05) is 13.0 Å². The van der Waals surface area contributed by atoms with Crippen molar-refractivity contribution in [2.75, 3.05) is 13.7 Å². The highest BCUT2D eigenvalue weighted by atomic mass is 79.9. The normalized spacial score (nSPS) is 12.3. The minimum atomic E-state index is -0.522. The lowest BCUT2D eigenvalue weighted by Gasteiger charge is -2.14. The van der Waals surface area contributed by atoms with E-state index in [1.54, 1.807) is 20.1 Å². The highest BCUT2D eigenvalue weighted by Gasteiger charge is 2.13. The molecular weight excluding hydrogens is 260 g/mol. The summed E-state index contributed by atoms with van der Waals surface area (Å²) in [5.74, 6) is 1.30. The molecule has 0 saturated carbocycles. The van der Waals surface area contributed by atoms with Gasteiger partial charge in [0.2, 0.25) is 0 Å². The van der Waals surface area contributed by atoms with E-state index in [0.29, 0.717) is 18.1 Å². The molecule has 1 aromatic rings. The first-order chi connectivity index (χ1) is 7.10. The molecule has 0 aliphatic rings. The molecule has 0 aliphatic carbocycles. The van der Waals surface area contributed by atoms with Crippen LogP contribution in [0.2, 0.25) is 0 Å². The summed E-state index contributed by atoms with van der Waals surface area (Å²) >= 11 is 3.38. The van der Waals surface area contributed by atoms with Crippen molar-refractivity contribution in [3.63, 3.8) is 0 Å². The molecule has 1 aromatic carbocycles. The fourth-order valence-corrected chi connectivity index (χ4v) is 1.91. The Kier molecular flexibility index (Phi) is 4.42. The number of methoxy groups -OCH3 is 1. The van der Waals surface area contributed by atoms with E-state index in [-0.39, 0.29) is 0 Å². The van der Waals surface area contributed by atoms with Gasteiger partial charge < -0.3 is 14.6 Å². The van der Waals surface area contributed by atoms with Crippen molar-refractivity contribution in [2.45, 2.75) is 20.0 Å². The molecular formula is C11H15BrO3. The van der Waals surface area contributed by atoms with Crippen LogP contribution >= 0.6 is 15.9 Å². The second kappa shape index (κ2) is 5.37. The summed E-state index contributed by atoms with van der Waals surface area (Å²) < 4.78 is 11.4. The Hall–Kier alpha value is -0.740. The van der Waals surface area contributed by atoms with Crippen LogP contribution in [0, 0.1) is 0 Å². The van der Waals surface area contributed by atoms with Crippen molar-refractivity contribution < 1.29 is 14.6 Å². The van der Waals surface area contributed by atoms with E-state index >= 15 is 0 Å². The van der Waals surface area contributed by atoms with Crippen molar-refractivity contribution in [3.05, 3.63) is 22.2 Å². The van der Waals surface area contributed by atoms with Gasteiger partial charge in [-0.15, -0.1) is 0 Å². The van der Waals surface area contributed by atoms with Crippen LogP contribution in [0.4, 0.5) is 0 Å². The summed E-state index contributed by atoms with van der Waals surface area (Å²) in [7, 11) is 1.59. The number of benzene rings is 1. The monoisotopic (exact) mass is 274 g/mol. The zero-order valence-electron chi connectivity index (χ0n) is 9.08. The lowest BCUT2D eigenvalue weighted by molar-refractivity contribution is 0.198. The molecule has 0 saturated heterocycles. The van der Waals surface area contributed by atoms with Gasteiger partial charge in [0, 0.05) is 0 Å². The SMILES string of the molecule is CCOc1cc(C(C)O)cc(Br)c1OC. The quantitative estimate of drug-likeness (QED) is 0.918. The molecule has 0 bridgehead atoms. The lowest BCUT2D eigenvalue weighted by atomic mass is 10.1. The van der Waals surface area contributed by atoms with Crippen LogP contribution in [0.15, 0.2) is 16.6 Å². The third kappa shape index (κ3) is 2.86.